The van der Waals surface area contributed by atoms with Crippen molar-refractivity contribution in [2.45, 2.75) is 39.5 Å². The molecule has 23 heavy (non-hydrogen) atoms. The highest BCUT2D eigenvalue weighted by atomic mass is 35.5. The Morgan fingerprint density at radius 3 is 2.65 bits per heavy atom. The Morgan fingerprint density at radius 1 is 1.26 bits per heavy atom. The summed E-state index contributed by atoms with van der Waals surface area (Å²) in [7, 11) is 1.62. The molecule has 2 aromatic rings. The van der Waals surface area contributed by atoms with Gasteiger partial charge in [-0.1, -0.05) is 36.7 Å². The van der Waals surface area contributed by atoms with E-state index < -0.39 is 5.72 Å². The van der Waals surface area contributed by atoms with Gasteiger partial charge in [-0.15, -0.1) is 0 Å². The fourth-order valence-electron chi connectivity index (χ4n) is 2.21. The van der Waals surface area contributed by atoms with Crippen molar-refractivity contribution in [3.63, 3.8) is 0 Å². The van der Waals surface area contributed by atoms with E-state index in [1.807, 2.05) is 44.2 Å². The summed E-state index contributed by atoms with van der Waals surface area (Å²) in [6, 6.07) is 9.80. The SMILES string of the molecule is CCC(C)(Nc1ccnc(COC)c1Cl)Oc1ccccc1C. The summed E-state index contributed by atoms with van der Waals surface area (Å²) in [4.78, 5) is 4.24. The van der Waals surface area contributed by atoms with Crippen molar-refractivity contribution in [3.8, 4) is 5.75 Å². The monoisotopic (exact) mass is 334 g/mol. The lowest BCUT2D eigenvalue weighted by Gasteiger charge is -2.32. The number of aromatic nitrogens is 1. The fraction of sp³-hybridized carbons (Fsp3) is 0.389. The van der Waals surface area contributed by atoms with E-state index in [2.05, 4.69) is 17.2 Å². The Bertz CT molecular complexity index is 663. The smallest absolute Gasteiger partial charge is 0.177 e. The summed E-state index contributed by atoms with van der Waals surface area (Å²) < 4.78 is 11.3. The van der Waals surface area contributed by atoms with Crippen molar-refractivity contribution in [1.82, 2.24) is 4.98 Å². The maximum atomic E-state index is 6.42. The highest BCUT2D eigenvalue weighted by molar-refractivity contribution is 6.33. The third-order valence-electron chi connectivity index (χ3n) is 3.75. The van der Waals surface area contributed by atoms with Gasteiger partial charge >= 0.3 is 0 Å². The molecule has 1 aromatic carbocycles. The molecule has 0 aliphatic heterocycles. The first-order valence-corrected chi connectivity index (χ1v) is 8.02. The molecule has 0 saturated carbocycles. The van der Waals surface area contributed by atoms with Crippen LogP contribution in [0.3, 0.4) is 0 Å². The number of ether oxygens (including phenoxy) is 2. The van der Waals surface area contributed by atoms with Crippen LogP contribution in [0.25, 0.3) is 0 Å². The van der Waals surface area contributed by atoms with Crippen molar-refractivity contribution in [3.05, 3.63) is 52.8 Å². The van der Waals surface area contributed by atoms with Crippen LogP contribution in [0, 0.1) is 6.92 Å². The highest BCUT2D eigenvalue weighted by Gasteiger charge is 2.26. The van der Waals surface area contributed by atoms with Crippen LogP contribution < -0.4 is 10.1 Å². The molecule has 1 aromatic heterocycles. The minimum Gasteiger partial charge on any atom is -0.468 e. The number of nitrogens with one attached hydrogen (secondary N) is 1. The van der Waals surface area contributed by atoms with Gasteiger partial charge in [0.15, 0.2) is 5.72 Å². The lowest BCUT2D eigenvalue weighted by molar-refractivity contribution is 0.114. The van der Waals surface area contributed by atoms with E-state index >= 15 is 0 Å². The number of aryl methyl sites for hydroxylation is 1. The highest BCUT2D eigenvalue weighted by Crippen LogP contribution is 2.30. The molecule has 1 N–H and O–H groups in total. The third-order valence-corrected chi connectivity index (χ3v) is 4.17. The van der Waals surface area contributed by atoms with E-state index in [9.17, 15) is 0 Å². The van der Waals surface area contributed by atoms with E-state index in [0.717, 1.165) is 23.4 Å². The van der Waals surface area contributed by atoms with Gasteiger partial charge in [0.25, 0.3) is 0 Å². The zero-order valence-corrected chi connectivity index (χ0v) is 14.8. The molecule has 0 aliphatic rings. The second-order valence-electron chi connectivity index (χ2n) is 5.63. The Labute approximate surface area is 142 Å². The van der Waals surface area contributed by atoms with E-state index in [0.29, 0.717) is 17.3 Å². The quantitative estimate of drug-likeness (QED) is 0.738. The summed E-state index contributed by atoms with van der Waals surface area (Å²) in [6.45, 7) is 6.47. The van der Waals surface area contributed by atoms with Crippen LogP contribution in [0.4, 0.5) is 5.69 Å². The number of hydrogen-bond donors (Lipinski definition) is 1. The lowest BCUT2D eigenvalue weighted by Crippen LogP contribution is -2.40. The van der Waals surface area contributed by atoms with Crippen LogP contribution in [-0.4, -0.2) is 17.8 Å². The van der Waals surface area contributed by atoms with Crippen LogP contribution in [0.1, 0.15) is 31.5 Å². The average molecular weight is 335 g/mol. The minimum atomic E-state index is -0.582. The van der Waals surface area contributed by atoms with Crippen LogP contribution in [0.5, 0.6) is 5.75 Å². The van der Waals surface area contributed by atoms with Crippen LogP contribution in [0.2, 0.25) is 5.02 Å². The lowest BCUT2D eigenvalue weighted by atomic mass is 10.1. The van der Waals surface area contributed by atoms with Crippen LogP contribution >= 0.6 is 11.6 Å². The van der Waals surface area contributed by atoms with Gasteiger partial charge in [0.2, 0.25) is 0 Å². The molecule has 4 nitrogen and oxygen atoms in total. The zero-order chi connectivity index (χ0) is 16.9. The van der Waals surface area contributed by atoms with E-state index in [1.165, 1.54) is 0 Å². The number of hydrogen-bond acceptors (Lipinski definition) is 4. The van der Waals surface area contributed by atoms with Crippen LogP contribution in [0.15, 0.2) is 36.5 Å². The fourth-order valence-corrected chi connectivity index (χ4v) is 2.42. The minimum absolute atomic E-state index is 0.371. The number of pyridine rings is 1. The number of benzene rings is 1. The van der Waals surface area contributed by atoms with Gasteiger partial charge in [-0.05, 0) is 31.5 Å². The topological polar surface area (TPSA) is 43.4 Å². The third kappa shape index (κ3) is 4.36. The molecule has 0 radical (unpaired) electrons. The van der Waals surface area contributed by atoms with Gasteiger partial charge in [-0.3, -0.25) is 4.98 Å². The van der Waals surface area contributed by atoms with E-state index in [4.69, 9.17) is 21.1 Å². The molecule has 0 amide bonds. The predicted molar refractivity (Wildman–Crippen MR) is 94.1 cm³/mol. The largest absolute Gasteiger partial charge is 0.468 e. The average Bonchev–Trinajstić information content (AvgIpc) is 2.54. The van der Waals surface area contributed by atoms with Crippen molar-refractivity contribution in [2.75, 3.05) is 12.4 Å². The number of halogens is 1. The van der Waals surface area contributed by atoms with Crippen LogP contribution in [-0.2, 0) is 11.3 Å². The van der Waals surface area contributed by atoms with Crippen molar-refractivity contribution in [1.29, 1.82) is 0 Å². The normalized spacial score (nSPS) is 13.4. The van der Waals surface area contributed by atoms with Crippen molar-refractivity contribution < 1.29 is 9.47 Å². The summed E-state index contributed by atoms with van der Waals surface area (Å²) in [5, 5.41) is 3.96. The summed E-state index contributed by atoms with van der Waals surface area (Å²) in [5.41, 5.74) is 2.00. The number of nitrogens with zero attached hydrogens (tertiary/aromatic N) is 1. The van der Waals surface area contributed by atoms with E-state index in [1.54, 1.807) is 13.3 Å². The Hall–Kier alpha value is -1.78. The maximum Gasteiger partial charge on any atom is 0.177 e. The Morgan fingerprint density at radius 2 is 2.00 bits per heavy atom. The number of para-hydroxylation sites is 1. The first-order chi connectivity index (χ1) is 11.0. The Kier molecular flexibility index (Phi) is 5.85. The molecule has 0 bridgehead atoms. The molecule has 2 rings (SSSR count). The molecule has 124 valence electrons. The first kappa shape index (κ1) is 17.6. The number of anilines is 1. The maximum absolute atomic E-state index is 6.42. The summed E-state index contributed by atoms with van der Waals surface area (Å²) in [6.07, 6.45) is 2.48. The number of rotatable bonds is 7. The second-order valence-corrected chi connectivity index (χ2v) is 6.01. The van der Waals surface area contributed by atoms with Crippen molar-refractivity contribution in [2.24, 2.45) is 0 Å². The van der Waals surface area contributed by atoms with Gasteiger partial charge < -0.3 is 14.8 Å². The zero-order valence-electron chi connectivity index (χ0n) is 14.0. The van der Waals surface area contributed by atoms with Crippen molar-refractivity contribution >= 4 is 17.3 Å². The molecule has 0 saturated heterocycles. The molecular formula is C18H23ClN2O2. The molecule has 0 aliphatic carbocycles. The summed E-state index contributed by atoms with van der Waals surface area (Å²) >= 11 is 6.42. The standard InChI is InChI=1S/C18H23ClN2O2/c1-5-18(3,23-16-9-7-6-8-13(16)2)21-14-10-11-20-15(12-22-4)17(14)19/h6-11H,5,12H2,1-4H3,(H,20,21). The molecule has 1 atom stereocenters. The predicted octanol–water partition coefficient (Wildman–Crippen LogP) is 4.81. The van der Waals surface area contributed by atoms with Gasteiger partial charge in [0.05, 0.1) is 23.0 Å². The van der Waals surface area contributed by atoms with Gasteiger partial charge in [-0.2, -0.15) is 0 Å². The number of methoxy groups -OCH3 is 1. The van der Waals surface area contributed by atoms with Gasteiger partial charge in [0.1, 0.15) is 5.75 Å². The Balaban J connectivity index is 2.25. The molecule has 1 unspecified atom stereocenters. The van der Waals surface area contributed by atoms with Gasteiger partial charge in [0, 0.05) is 19.7 Å². The van der Waals surface area contributed by atoms with E-state index in [-0.39, 0.29) is 0 Å². The van der Waals surface area contributed by atoms with Gasteiger partial charge in [-0.25, -0.2) is 0 Å². The second kappa shape index (κ2) is 7.66. The molecule has 0 spiro atoms. The molecule has 0 fully saturated rings. The molecule has 5 heteroatoms. The molecule has 1 heterocycles. The first-order valence-electron chi connectivity index (χ1n) is 7.64. The summed E-state index contributed by atoms with van der Waals surface area (Å²) in [5.74, 6) is 0.853. The molecular weight excluding hydrogens is 312 g/mol.